The van der Waals surface area contributed by atoms with Crippen LogP contribution in [0.1, 0.15) is 0 Å². The summed E-state index contributed by atoms with van der Waals surface area (Å²) in [5.74, 6) is 2.51. The molecule has 0 spiro atoms. The number of hydrogen-bond acceptors (Lipinski definition) is 12. The molecule has 0 N–H and O–H groups in total. The molecule has 20 heteroatoms. The van der Waals surface area contributed by atoms with E-state index in [2.05, 4.69) is 151 Å². The first-order valence-corrected chi connectivity index (χ1v) is 26.7. The summed E-state index contributed by atoms with van der Waals surface area (Å²) in [6.07, 6.45) is 6.69. The molecule has 376 valence electrons. The minimum atomic E-state index is -4.94. The fourth-order valence-corrected chi connectivity index (χ4v) is 13.1. The molecule has 0 amide bonds. The van der Waals surface area contributed by atoms with Crippen LogP contribution in [0.25, 0.3) is 45.6 Å². The smallest absolute Gasteiger partial charge is 0.441 e. The molecule has 0 saturated heterocycles. The minimum absolute atomic E-state index is 0. The summed E-state index contributed by atoms with van der Waals surface area (Å²) in [6.45, 7) is 0. The van der Waals surface area contributed by atoms with Gasteiger partial charge >= 0.3 is 42.1 Å². The third kappa shape index (κ3) is 21.9. The second-order valence-electron chi connectivity index (χ2n) is 14.4. The molecule has 0 aliphatic heterocycles. The Bertz CT molecular complexity index is 2720. The van der Waals surface area contributed by atoms with Crippen LogP contribution in [-0.4, -0.2) is 25.8 Å². The van der Waals surface area contributed by atoms with Gasteiger partial charge in [0.05, 0.1) is 22.8 Å². The molecule has 4 heterocycles. The van der Waals surface area contributed by atoms with Crippen LogP contribution in [0, 0.1) is 20.5 Å². The van der Waals surface area contributed by atoms with Crippen LogP contribution >= 0.6 is 15.8 Å². The molecule has 0 aliphatic carbocycles. The summed E-state index contributed by atoms with van der Waals surface area (Å²) in [4.78, 5) is 25.7. The van der Waals surface area contributed by atoms with Crippen molar-refractivity contribution < 1.29 is 99.9 Å². The molecule has 0 unspecified atom stereocenters. The Morgan fingerprint density at radius 3 is 0.822 bits per heavy atom. The maximum Gasteiger partial charge on any atom is 2.00 e. The molecular formula is C53H42Cl2N6O8P2Pt2. The number of hydrogen-bond donors (Lipinski definition) is 0. The van der Waals surface area contributed by atoms with Crippen LogP contribution in [0.4, 0.5) is 0 Å². The zero-order chi connectivity index (χ0) is 50.3. The van der Waals surface area contributed by atoms with Gasteiger partial charge < -0.3 is 19.9 Å². The quantitative estimate of drug-likeness (QED) is 0.175. The molecule has 0 radical (unpaired) electrons. The van der Waals surface area contributed by atoms with Gasteiger partial charge in [0.2, 0.25) is 0 Å². The Morgan fingerprint density at radius 1 is 0.329 bits per heavy atom. The number of rotatable bonds is 10. The Labute approximate surface area is 458 Å². The Kier molecular flexibility index (Phi) is 25.8. The fraction of sp³-hybridized carbons (Fsp3) is 0.0189. The van der Waals surface area contributed by atoms with Crippen LogP contribution in [0.2, 0.25) is 0 Å². The van der Waals surface area contributed by atoms with E-state index in [1.54, 1.807) is 24.8 Å². The number of pyridine rings is 2. The topological polar surface area (TPSA) is 264 Å². The number of aromatic nitrogens is 6. The monoisotopic (exact) mass is 1410 g/mol. The largest absolute Gasteiger partial charge is 2.00 e. The van der Waals surface area contributed by atoms with Gasteiger partial charge in [0.15, 0.2) is 0 Å². The Hall–Kier alpha value is -5.46. The minimum Gasteiger partial charge on any atom is -0.441 e. The number of imidazole rings is 2. The fourth-order valence-electron chi connectivity index (χ4n) is 6.60. The van der Waals surface area contributed by atoms with Crippen molar-refractivity contribution >= 4 is 37.1 Å². The van der Waals surface area contributed by atoms with Crippen molar-refractivity contribution in [1.29, 1.82) is 0 Å². The molecular weight excluding hydrogens is 1370 g/mol. The van der Waals surface area contributed by atoms with E-state index in [1.165, 1.54) is 27.1 Å². The second kappa shape index (κ2) is 31.3. The van der Waals surface area contributed by atoms with Crippen molar-refractivity contribution in [1.82, 2.24) is 29.9 Å². The van der Waals surface area contributed by atoms with Crippen LogP contribution < -0.4 is 68.5 Å². The number of benzene rings is 6. The molecule has 10 aromatic rings. The van der Waals surface area contributed by atoms with Crippen molar-refractivity contribution in [3.63, 3.8) is 0 Å². The predicted molar refractivity (Wildman–Crippen MR) is 255 cm³/mol. The zero-order valence-electron chi connectivity index (χ0n) is 38.0. The molecule has 0 saturated carbocycles. The predicted octanol–water partition coefficient (Wildman–Crippen LogP) is 1.23. The van der Waals surface area contributed by atoms with Crippen molar-refractivity contribution in [3.8, 4) is 45.6 Å². The van der Waals surface area contributed by atoms with Crippen molar-refractivity contribution in [2.24, 2.45) is 0 Å². The average Bonchev–Trinajstić information content (AvgIpc) is 4.15. The van der Waals surface area contributed by atoms with Crippen LogP contribution in [0.15, 0.2) is 243 Å². The van der Waals surface area contributed by atoms with E-state index in [0.29, 0.717) is 11.6 Å². The van der Waals surface area contributed by atoms with Gasteiger partial charge in [-0.25, -0.2) is 47.2 Å². The van der Waals surface area contributed by atoms with Gasteiger partial charge in [0.25, 0.3) is 0 Å². The molecule has 0 fully saturated rings. The standard InChI is InChI=1S/C25H22P2.2C14H10N3.2ClHO4.2Pt/c1-5-13-22(14-6-1)26(23-15-7-2-8-16-23)21-27(24-17-9-3-10-18-24)25-19-11-4-12-20-25;2*1-2-5-11(6-3-1)12-7-4-8-13(17-12)14-15-9-10-16-14;2*2-1(3,4)5;;/h1-20H,21H2;2*1-10H;2*(H,2,3,4,5);;/q;2*-1;;;2*+2/p-2. The van der Waals surface area contributed by atoms with E-state index >= 15 is 0 Å². The maximum absolute atomic E-state index is 8.49. The Morgan fingerprint density at radius 2 is 0.575 bits per heavy atom. The van der Waals surface area contributed by atoms with Gasteiger partial charge in [0, 0.05) is 17.0 Å². The van der Waals surface area contributed by atoms with Gasteiger partial charge in [-0.05, 0) is 73.0 Å². The maximum atomic E-state index is 8.49. The summed E-state index contributed by atoms with van der Waals surface area (Å²) in [6, 6.07) is 76.0. The molecule has 10 rings (SSSR count). The van der Waals surface area contributed by atoms with Crippen molar-refractivity contribution in [2.45, 2.75) is 0 Å². The Balaban J connectivity index is 0.000000220. The van der Waals surface area contributed by atoms with Gasteiger partial charge in [-0.2, -0.15) is 0 Å². The van der Waals surface area contributed by atoms with Crippen molar-refractivity contribution in [3.05, 3.63) is 243 Å². The van der Waals surface area contributed by atoms with E-state index in [1.807, 2.05) is 97.1 Å². The molecule has 14 nitrogen and oxygen atoms in total. The van der Waals surface area contributed by atoms with E-state index in [0.717, 1.165) is 33.9 Å². The third-order valence-electron chi connectivity index (χ3n) is 9.57. The zero-order valence-corrected chi connectivity index (χ0v) is 45.9. The molecule has 73 heavy (non-hydrogen) atoms. The SMILES string of the molecule is [O-][Cl+3]([O-])([O-])[O-].[O-][Cl+3]([O-])([O-])[O-].[Pt+2].[Pt+2].c1ccc(-c2cccc(-c3ncc[n-]3)n2)cc1.c1ccc(-c2cccc(-c3ncc[n-]3)n2)cc1.c1ccc(P(CP(c2ccccc2)c2ccccc2)c2ccccc2)cc1. The van der Waals surface area contributed by atoms with E-state index in [4.69, 9.17) is 37.3 Å². The first-order valence-electron chi connectivity index (χ1n) is 21.2. The number of halogens is 2. The van der Waals surface area contributed by atoms with Crippen LogP contribution in [0.5, 0.6) is 0 Å². The van der Waals surface area contributed by atoms with Gasteiger partial charge in [-0.15, -0.1) is 20.5 Å². The first kappa shape index (κ1) is 60.1. The summed E-state index contributed by atoms with van der Waals surface area (Å²) < 4.78 is 67.9. The molecule has 4 aromatic heterocycles. The average molecular weight is 1410 g/mol. The summed E-state index contributed by atoms with van der Waals surface area (Å²) in [5.41, 5.74) is 5.68. The summed E-state index contributed by atoms with van der Waals surface area (Å²) in [5, 5.41) is 5.83. The normalized spacial score (nSPS) is 10.5. The molecule has 0 atom stereocenters. The van der Waals surface area contributed by atoms with Gasteiger partial charge in [-0.1, -0.05) is 219 Å². The van der Waals surface area contributed by atoms with E-state index < -0.39 is 36.3 Å². The summed E-state index contributed by atoms with van der Waals surface area (Å²) >= 11 is 0. The van der Waals surface area contributed by atoms with Crippen LogP contribution in [0.3, 0.4) is 0 Å². The third-order valence-corrected chi connectivity index (χ3v) is 15.5. The van der Waals surface area contributed by atoms with E-state index in [-0.39, 0.29) is 42.1 Å². The molecule has 6 aromatic carbocycles. The first-order chi connectivity index (χ1) is 34.3. The molecule has 0 aliphatic rings. The van der Waals surface area contributed by atoms with Gasteiger partial charge in [0.1, 0.15) is 0 Å². The van der Waals surface area contributed by atoms with Crippen molar-refractivity contribution in [2.75, 3.05) is 5.90 Å². The number of nitrogens with zero attached hydrogens (tertiary/aromatic N) is 6. The summed E-state index contributed by atoms with van der Waals surface area (Å²) in [7, 11) is -10.7. The van der Waals surface area contributed by atoms with Crippen LogP contribution in [-0.2, 0) is 42.1 Å². The van der Waals surface area contributed by atoms with Gasteiger partial charge in [-0.3, -0.25) is 0 Å². The second-order valence-corrected chi connectivity index (χ2v) is 20.8. The molecule has 0 bridgehead atoms. The van der Waals surface area contributed by atoms with E-state index in [9.17, 15) is 0 Å².